The van der Waals surface area contributed by atoms with Crippen LogP contribution in [0.15, 0.2) is 51.9 Å². The Bertz CT molecular complexity index is 891. The third-order valence-corrected chi connectivity index (χ3v) is 4.96. The van der Waals surface area contributed by atoms with Gasteiger partial charge < -0.3 is 13.7 Å². The van der Waals surface area contributed by atoms with Crippen molar-refractivity contribution in [2.45, 2.75) is 25.2 Å². The Balaban J connectivity index is 1.45. The molecule has 1 aromatic carbocycles. The lowest BCUT2D eigenvalue weighted by Gasteiger charge is -2.30. The Morgan fingerprint density at radius 3 is 3.00 bits per heavy atom. The van der Waals surface area contributed by atoms with E-state index in [4.69, 9.17) is 20.4 Å². The van der Waals surface area contributed by atoms with Crippen LogP contribution in [0.25, 0.3) is 0 Å². The number of rotatable bonds is 4. The lowest BCUT2D eigenvalue weighted by molar-refractivity contribution is 0.0666. The molecule has 26 heavy (non-hydrogen) atoms. The van der Waals surface area contributed by atoms with E-state index < -0.39 is 0 Å². The fraction of sp³-hybridized carbons (Fsp3) is 0.316. The maximum Gasteiger partial charge on any atom is 0.291 e. The summed E-state index contributed by atoms with van der Waals surface area (Å²) in [5, 5.41) is 0.715. The number of carbonyl (C=O) groups excluding carboxylic acids is 1. The summed E-state index contributed by atoms with van der Waals surface area (Å²) in [5.41, 5.74) is 1.00. The van der Waals surface area contributed by atoms with E-state index in [1.54, 1.807) is 11.1 Å². The number of likely N-dealkylation sites (tertiary alicyclic amines) is 1. The monoisotopic (exact) mass is 371 g/mol. The summed E-state index contributed by atoms with van der Waals surface area (Å²) in [6, 6.07) is 7.69. The summed E-state index contributed by atoms with van der Waals surface area (Å²) >= 11 is 6.21. The second-order valence-corrected chi connectivity index (χ2v) is 6.80. The molecule has 3 heterocycles. The first-order valence-corrected chi connectivity index (χ1v) is 8.94. The minimum Gasteiger partial charge on any atom is -0.445 e. The second kappa shape index (κ2) is 7.33. The number of amides is 1. The van der Waals surface area contributed by atoms with Gasteiger partial charge in [0.2, 0.25) is 5.76 Å². The maximum atomic E-state index is 12.4. The highest BCUT2D eigenvalue weighted by atomic mass is 35.5. The van der Waals surface area contributed by atoms with Crippen molar-refractivity contribution in [3.05, 3.63) is 71.1 Å². The first kappa shape index (κ1) is 16.8. The van der Waals surface area contributed by atoms with Crippen molar-refractivity contribution in [2.75, 3.05) is 13.1 Å². The van der Waals surface area contributed by atoms with Crippen molar-refractivity contribution in [1.29, 1.82) is 0 Å². The Hall–Kier alpha value is -2.60. The van der Waals surface area contributed by atoms with Crippen LogP contribution in [0, 0.1) is 0 Å². The fourth-order valence-corrected chi connectivity index (χ4v) is 3.47. The van der Waals surface area contributed by atoms with Gasteiger partial charge in [0.05, 0.1) is 18.3 Å². The molecule has 7 heteroatoms. The van der Waals surface area contributed by atoms with Gasteiger partial charge in [-0.1, -0.05) is 29.8 Å². The molecule has 1 fully saturated rings. The minimum atomic E-state index is -0.143. The van der Waals surface area contributed by atoms with E-state index in [0.717, 1.165) is 24.2 Å². The molecule has 1 saturated heterocycles. The number of oxazole rings is 2. The van der Waals surface area contributed by atoms with Gasteiger partial charge in [0.15, 0.2) is 12.3 Å². The zero-order valence-electron chi connectivity index (χ0n) is 14.1. The normalized spacial score (nSPS) is 17.4. The zero-order chi connectivity index (χ0) is 17.9. The van der Waals surface area contributed by atoms with E-state index in [1.807, 2.05) is 24.3 Å². The van der Waals surface area contributed by atoms with Gasteiger partial charge in [-0.15, -0.1) is 0 Å². The van der Waals surface area contributed by atoms with Gasteiger partial charge in [0.1, 0.15) is 5.76 Å². The highest BCUT2D eigenvalue weighted by Gasteiger charge is 2.29. The Kier molecular flexibility index (Phi) is 4.75. The molecule has 0 radical (unpaired) electrons. The third kappa shape index (κ3) is 3.51. The van der Waals surface area contributed by atoms with Gasteiger partial charge in [0.25, 0.3) is 5.91 Å². The van der Waals surface area contributed by atoms with Crippen LogP contribution in [-0.4, -0.2) is 33.9 Å². The molecule has 3 aromatic rings. The number of nitrogens with zero attached hydrogens (tertiary/aromatic N) is 3. The van der Waals surface area contributed by atoms with Crippen LogP contribution in [0.1, 0.15) is 46.5 Å². The predicted octanol–water partition coefficient (Wildman–Crippen LogP) is 3.93. The molecule has 0 N–H and O–H groups in total. The third-order valence-electron chi connectivity index (χ3n) is 4.59. The summed E-state index contributed by atoms with van der Waals surface area (Å²) in [5.74, 6) is 1.64. The van der Waals surface area contributed by atoms with Crippen LogP contribution in [0.2, 0.25) is 5.02 Å². The number of benzene rings is 1. The average molecular weight is 372 g/mol. The van der Waals surface area contributed by atoms with Crippen LogP contribution in [-0.2, 0) is 6.42 Å². The fourth-order valence-electron chi connectivity index (χ4n) is 3.26. The van der Waals surface area contributed by atoms with Crippen molar-refractivity contribution in [3.8, 4) is 0 Å². The molecule has 2 aromatic heterocycles. The smallest absolute Gasteiger partial charge is 0.291 e. The maximum absolute atomic E-state index is 12.4. The lowest BCUT2D eigenvalue weighted by Crippen LogP contribution is -2.39. The van der Waals surface area contributed by atoms with E-state index >= 15 is 0 Å². The standard InChI is InChI=1S/C19H18ClN3O3/c20-16-6-2-1-4-13(16)8-15-9-22-18(26-15)14-5-3-7-23(11-14)19(24)17-10-21-12-25-17/h1-2,4,6,9-10,12,14H,3,5,7-8,11H2/t14-/m0/s1. The van der Waals surface area contributed by atoms with Crippen LogP contribution in [0.5, 0.6) is 0 Å². The molecular formula is C19H18ClN3O3. The molecule has 6 nitrogen and oxygen atoms in total. The molecule has 0 saturated carbocycles. The minimum absolute atomic E-state index is 0.0793. The van der Waals surface area contributed by atoms with Crippen molar-refractivity contribution in [2.24, 2.45) is 0 Å². The van der Waals surface area contributed by atoms with Crippen molar-refractivity contribution in [1.82, 2.24) is 14.9 Å². The molecule has 134 valence electrons. The first-order valence-electron chi connectivity index (χ1n) is 8.56. The van der Waals surface area contributed by atoms with Crippen LogP contribution < -0.4 is 0 Å². The van der Waals surface area contributed by atoms with Gasteiger partial charge in [-0.2, -0.15) is 0 Å². The second-order valence-electron chi connectivity index (χ2n) is 6.39. The van der Waals surface area contributed by atoms with E-state index in [1.165, 1.54) is 12.6 Å². The molecule has 4 rings (SSSR count). The van der Waals surface area contributed by atoms with Gasteiger partial charge in [-0.25, -0.2) is 9.97 Å². The quantitative estimate of drug-likeness (QED) is 0.694. The Morgan fingerprint density at radius 1 is 1.31 bits per heavy atom. The van der Waals surface area contributed by atoms with E-state index in [0.29, 0.717) is 30.4 Å². The summed E-state index contributed by atoms with van der Waals surface area (Å²) in [6.45, 7) is 1.26. The van der Waals surface area contributed by atoms with Gasteiger partial charge in [-0.05, 0) is 24.5 Å². The molecule has 0 spiro atoms. The molecular weight excluding hydrogens is 354 g/mol. The van der Waals surface area contributed by atoms with Crippen LogP contribution >= 0.6 is 11.6 Å². The summed E-state index contributed by atoms with van der Waals surface area (Å²) in [6.07, 6.45) is 6.89. The largest absolute Gasteiger partial charge is 0.445 e. The molecule has 0 unspecified atom stereocenters. The number of halogens is 1. The van der Waals surface area contributed by atoms with Gasteiger partial charge in [-0.3, -0.25) is 4.79 Å². The summed E-state index contributed by atoms with van der Waals surface area (Å²) in [4.78, 5) is 22.5. The Morgan fingerprint density at radius 2 is 2.19 bits per heavy atom. The number of aromatic nitrogens is 2. The number of piperidine rings is 1. The molecule has 0 aliphatic carbocycles. The van der Waals surface area contributed by atoms with E-state index in [2.05, 4.69) is 9.97 Å². The first-order chi connectivity index (χ1) is 12.7. The molecule has 1 amide bonds. The van der Waals surface area contributed by atoms with Crippen molar-refractivity contribution < 1.29 is 13.6 Å². The highest BCUT2D eigenvalue weighted by molar-refractivity contribution is 6.31. The lowest BCUT2D eigenvalue weighted by atomic mass is 9.98. The summed E-state index contributed by atoms with van der Waals surface area (Å²) < 4.78 is 11.1. The van der Waals surface area contributed by atoms with Crippen molar-refractivity contribution in [3.63, 3.8) is 0 Å². The van der Waals surface area contributed by atoms with Crippen LogP contribution in [0.4, 0.5) is 0 Å². The van der Waals surface area contributed by atoms with Crippen molar-refractivity contribution >= 4 is 17.5 Å². The van der Waals surface area contributed by atoms with E-state index in [-0.39, 0.29) is 17.6 Å². The van der Waals surface area contributed by atoms with Gasteiger partial charge >= 0.3 is 0 Å². The Labute approximate surface area is 155 Å². The number of hydrogen-bond donors (Lipinski definition) is 0. The predicted molar refractivity (Wildman–Crippen MR) is 95.1 cm³/mol. The molecule has 1 aliphatic rings. The van der Waals surface area contributed by atoms with Crippen LogP contribution in [0.3, 0.4) is 0 Å². The molecule has 0 bridgehead atoms. The van der Waals surface area contributed by atoms with Gasteiger partial charge in [0, 0.05) is 24.5 Å². The topological polar surface area (TPSA) is 72.4 Å². The number of hydrogen-bond acceptors (Lipinski definition) is 5. The van der Waals surface area contributed by atoms with E-state index in [9.17, 15) is 4.79 Å². The zero-order valence-corrected chi connectivity index (χ0v) is 14.9. The molecule has 1 atom stereocenters. The molecule has 1 aliphatic heterocycles. The summed E-state index contributed by atoms with van der Waals surface area (Å²) in [7, 11) is 0. The highest BCUT2D eigenvalue weighted by Crippen LogP contribution is 2.28. The average Bonchev–Trinajstić information content (AvgIpc) is 3.35. The number of carbonyl (C=O) groups is 1. The SMILES string of the molecule is O=C(c1cnco1)N1CCC[C@H](c2ncc(Cc3ccccc3Cl)o2)C1.